The first-order chi connectivity index (χ1) is 15.7. The van der Waals surface area contributed by atoms with Gasteiger partial charge in [-0.25, -0.2) is 13.4 Å². The number of nitrogens with zero attached hydrogens (tertiary/aromatic N) is 2. The Morgan fingerprint density at radius 1 is 0.939 bits per heavy atom. The summed E-state index contributed by atoms with van der Waals surface area (Å²) in [6.07, 6.45) is 1.21. The maximum absolute atomic E-state index is 13.2. The Morgan fingerprint density at radius 2 is 1.61 bits per heavy atom. The summed E-state index contributed by atoms with van der Waals surface area (Å²) in [7, 11) is -4.09. The fraction of sp³-hybridized carbons (Fsp3) is 0.160. The topological polar surface area (TPSA) is 98.1 Å². The Bertz CT molecular complexity index is 1520. The minimum Gasteiger partial charge on any atom is -0.324 e. The lowest BCUT2D eigenvalue weighted by molar-refractivity contribution is -0.116. The van der Waals surface area contributed by atoms with Crippen LogP contribution in [0.1, 0.15) is 16.8 Å². The van der Waals surface area contributed by atoms with E-state index in [0.29, 0.717) is 11.4 Å². The summed E-state index contributed by atoms with van der Waals surface area (Å²) in [5, 5.41) is 3.03. The van der Waals surface area contributed by atoms with Gasteiger partial charge in [-0.3, -0.25) is 9.59 Å². The fourth-order valence-corrected chi connectivity index (χ4v) is 5.11. The van der Waals surface area contributed by atoms with Crippen molar-refractivity contribution in [1.82, 2.24) is 9.55 Å². The van der Waals surface area contributed by atoms with Crippen LogP contribution in [0.4, 0.5) is 5.69 Å². The molecule has 8 heteroatoms. The Labute approximate surface area is 191 Å². The average Bonchev–Trinajstić information content (AvgIpc) is 2.78. The molecule has 33 heavy (non-hydrogen) atoms. The lowest BCUT2D eigenvalue weighted by Gasteiger charge is -2.15. The highest BCUT2D eigenvalue weighted by Gasteiger charge is 2.24. The summed E-state index contributed by atoms with van der Waals surface area (Å²) in [5.74, 6) is -0.358. The number of aromatic nitrogens is 2. The lowest BCUT2D eigenvalue weighted by atomic mass is 10.1. The van der Waals surface area contributed by atoms with Crippen molar-refractivity contribution < 1.29 is 13.2 Å². The Balaban J connectivity index is 1.84. The third-order valence-corrected chi connectivity index (χ3v) is 7.19. The molecule has 1 amide bonds. The van der Waals surface area contributed by atoms with Crippen LogP contribution in [0.2, 0.25) is 0 Å². The van der Waals surface area contributed by atoms with Gasteiger partial charge in [0.15, 0.2) is 0 Å². The van der Waals surface area contributed by atoms with Gasteiger partial charge in [0.25, 0.3) is 0 Å². The van der Waals surface area contributed by atoms with Gasteiger partial charge < -0.3 is 9.88 Å². The summed E-state index contributed by atoms with van der Waals surface area (Å²) in [6.45, 7) is 5.34. The monoisotopic (exact) mass is 461 g/mol. The molecule has 0 fully saturated rings. The second-order valence-electron chi connectivity index (χ2n) is 7.91. The van der Waals surface area contributed by atoms with Crippen LogP contribution in [-0.4, -0.2) is 23.9 Å². The van der Waals surface area contributed by atoms with Crippen LogP contribution in [-0.2, 0) is 21.2 Å². The first kappa shape index (κ1) is 22.4. The number of anilines is 1. The van der Waals surface area contributed by atoms with Gasteiger partial charge in [-0.05, 0) is 56.2 Å². The Kier molecular flexibility index (Phi) is 5.86. The van der Waals surface area contributed by atoms with Crippen molar-refractivity contribution in [3.05, 3.63) is 93.9 Å². The third-order valence-electron chi connectivity index (χ3n) is 5.43. The molecule has 0 aliphatic rings. The number of benzene rings is 2. The van der Waals surface area contributed by atoms with Crippen molar-refractivity contribution in [2.45, 2.75) is 37.1 Å². The zero-order valence-corrected chi connectivity index (χ0v) is 19.3. The van der Waals surface area contributed by atoms with Gasteiger partial charge in [-0.15, -0.1) is 0 Å². The van der Waals surface area contributed by atoms with Crippen LogP contribution in [0.15, 0.2) is 81.4 Å². The molecule has 2 aromatic heterocycles. The van der Waals surface area contributed by atoms with Crippen molar-refractivity contribution in [3.8, 4) is 0 Å². The van der Waals surface area contributed by atoms with Crippen LogP contribution < -0.4 is 10.7 Å². The van der Waals surface area contributed by atoms with E-state index < -0.39 is 20.2 Å². The van der Waals surface area contributed by atoms with Crippen molar-refractivity contribution in [2.24, 2.45) is 0 Å². The molecule has 4 aromatic rings. The van der Waals surface area contributed by atoms with Crippen LogP contribution in [0.3, 0.4) is 0 Å². The van der Waals surface area contributed by atoms with E-state index in [4.69, 9.17) is 0 Å². The number of carbonyl (C=O) groups excluding carboxylic acids is 1. The van der Waals surface area contributed by atoms with E-state index in [1.54, 1.807) is 37.3 Å². The molecular weight excluding hydrogens is 438 g/mol. The molecule has 2 aromatic carbocycles. The second kappa shape index (κ2) is 8.63. The third kappa shape index (κ3) is 4.29. The van der Waals surface area contributed by atoms with Gasteiger partial charge in [-0.1, -0.05) is 36.4 Å². The second-order valence-corrected chi connectivity index (χ2v) is 9.82. The number of sulfone groups is 1. The van der Waals surface area contributed by atoms with Crippen LogP contribution in [0, 0.1) is 20.8 Å². The predicted molar refractivity (Wildman–Crippen MR) is 127 cm³/mol. The standard InChI is InChI=1S/C25H23N3O4S/c1-16-8-7-9-17(2)23(16)27-22(29)15-28-14-21(33(31,32)19-10-5-4-6-11-19)24(30)20-13-12-18(3)26-25(20)28/h4-14H,15H2,1-3H3,(H,27,29). The first-order valence-electron chi connectivity index (χ1n) is 10.4. The first-order valence-corrected chi connectivity index (χ1v) is 11.8. The number of amides is 1. The Hall–Kier alpha value is -3.78. The molecular formula is C25H23N3O4S. The summed E-state index contributed by atoms with van der Waals surface area (Å²) >= 11 is 0. The van der Waals surface area contributed by atoms with E-state index in [0.717, 1.165) is 11.1 Å². The van der Waals surface area contributed by atoms with Crippen molar-refractivity contribution in [3.63, 3.8) is 0 Å². The predicted octanol–water partition coefficient (Wildman–Crippen LogP) is 3.79. The molecule has 4 rings (SSSR count). The lowest BCUT2D eigenvalue weighted by Crippen LogP contribution is -2.25. The Morgan fingerprint density at radius 3 is 2.27 bits per heavy atom. The summed E-state index contributed by atoms with van der Waals surface area (Å²) in [4.78, 5) is 30.1. The quantitative estimate of drug-likeness (QED) is 0.488. The van der Waals surface area contributed by atoms with E-state index >= 15 is 0 Å². The maximum Gasteiger partial charge on any atom is 0.244 e. The van der Waals surface area contributed by atoms with Gasteiger partial charge in [0, 0.05) is 17.6 Å². The van der Waals surface area contributed by atoms with Crippen molar-refractivity contribution >= 4 is 32.5 Å². The highest BCUT2D eigenvalue weighted by molar-refractivity contribution is 7.91. The molecule has 0 atom stereocenters. The van der Waals surface area contributed by atoms with E-state index in [1.807, 2.05) is 32.0 Å². The van der Waals surface area contributed by atoms with Gasteiger partial charge in [0.2, 0.25) is 21.2 Å². The van der Waals surface area contributed by atoms with Crippen LogP contribution in [0.25, 0.3) is 11.0 Å². The number of nitrogens with one attached hydrogen (secondary N) is 1. The molecule has 7 nitrogen and oxygen atoms in total. The van der Waals surface area contributed by atoms with E-state index in [-0.39, 0.29) is 28.4 Å². The number of pyridine rings is 2. The number of aryl methyl sites for hydroxylation is 3. The number of fused-ring (bicyclic) bond motifs is 1. The molecule has 0 aliphatic heterocycles. The molecule has 168 valence electrons. The normalized spacial score (nSPS) is 11.5. The molecule has 0 bridgehead atoms. The molecule has 0 radical (unpaired) electrons. The van der Waals surface area contributed by atoms with E-state index in [2.05, 4.69) is 10.3 Å². The summed E-state index contributed by atoms with van der Waals surface area (Å²) in [5.41, 5.74) is 2.78. The molecule has 1 N–H and O–H groups in total. The zero-order chi connectivity index (χ0) is 23.8. The van der Waals surface area contributed by atoms with E-state index in [9.17, 15) is 18.0 Å². The van der Waals surface area contributed by atoms with Crippen molar-refractivity contribution in [2.75, 3.05) is 5.32 Å². The average molecular weight is 462 g/mol. The molecule has 0 saturated heterocycles. The molecule has 0 aliphatic carbocycles. The molecule has 0 unspecified atom stereocenters. The number of hydrogen-bond donors (Lipinski definition) is 1. The van der Waals surface area contributed by atoms with Gasteiger partial charge in [0.1, 0.15) is 17.1 Å². The van der Waals surface area contributed by atoms with Gasteiger partial charge in [-0.2, -0.15) is 0 Å². The minimum absolute atomic E-state index is 0.00746. The van der Waals surface area contributed by atoms with E-state index in [1.165, 1.54) is 22.9 Å². The smallest absolute Gasteiger partial charge is 0.244 e. The maximum atomic E-state index is 13.2. The van der Waals surface area contributed by atoms with Gasteiger partial charge >= 0.3 is 0 Å². The zero-order valence-electron chi connectivity index (χ0n) is 18.5. The number of hydrogen-bond acceptors (Lipinski definition) is 5. The molecule has 2 heterocycles. The largest absolute Gasteiger partial charge is 0.324 e. The minimum atomic E-state index is -4.09. The fourth-order valence-electron chi connectivity index (χ4n) is 3.72. The molecule has 0 saturated carbocycles. The van der Waals surface area contributed by atoms with Crippen LogP contribution >= 0.6 is 0 Å². The number of rotatable bonds is 5. The summed E-state index contributed by atoms with van der Waals surface area (Å²) < 4.78 is 27.9. The highest BCUT2D eigenvalue weighted by atomic mass is 32.2. The van der Waals surface area contributed by atoms with Crippen LogP contribution in [0.5, 0.6) is 0 Å². The summed E-state index contributed by atoms with van der Waals surface area (Å²) in [6, 6.07) is 16.6. The number of carbonyl (C=O) groups is 1. The highest BCUT2D eigenvalue weighted by Crippen LogP contribution is 2.22. The van der Waals surface area contributed by atoms with Gasteiger partial charge in [0.05, 0.1) is 10.3 Å². The number of para-hydroxylation sites is 1. The molecule has 0 spiro atoms. The SMILES string of the molecule is Cc1ccc2c(=O)c(S(=O)(=O)c3ccccc3)cn(CC(=O)Nc3c(C)cccc3C)c2n1. The van der Waals surface area contributed by atoms with Crippen molar-refractivity contribution in [1.29, 1.82) is 0 Å².